The van der Waals surface area contributed by atoms with Crippen molar-refractivity contribution in [1.82, 2.24) is 0 Å². The van der Waals surface area contributed by atoms with Crippen LogP contribution in [0.1, 0.15) is 22.1 Å². The van der Waals surface area contributed by atoms with E-state index in [9.17, 15) is 5.11 Å². The molecule has 1 nitrogen and oxygen atoms in total. The fourth-order valence-corrected chi connectivity index (χ4v) is 2.89. The van der Waals surface area contributed by atoms with E-state index in [0.717, 1.165) is 25.4 Å². The van der Waals surface area contributed by atoms with E-state index >= 15 is 0 Å². The molecule has 90 valence electrons. The second-order valence-electron chi connectivity index (χ2n) is 3.93. The van der Waals surface area contributed by atoms with Crippen LogP contribution in [-0.2, 0) is 6.42 Å². The van der Waals surface area contributed by atoms with Gasteiger partial charge < -0.3 is 5.11 Å². The Morgan fingerprint density at radius 2 is 2.00 bits per heavy atom. The van der Waals surface area contributed by atoms with E-state index in [0.29, 0.717) is 6.42 Å². The van der Waals surface area contributed by atoms with Gasteiger partial charge >= 0.3 is 0 Å². The standard InChI is InChI=1S/C13H12Cl2OS/c1-8-6-9(2-4-11(8)14)12(16)7-10-3-5-13(15)17-10/h2-6,12,16H,7H2,1H3. The fourth-order valence-electron chi connectivity index (χ4n) is 1.65. The molecule has 1 unspecified atom stereocenters. The maximum absolute atomic E-state index is 10.1. The van der Waals surface area contributed by atoms with Gasteiger partial charge in [0.25, 0.3) is 0 Å². The van der Waals surface area contributed by atoms with Gasteiger partial charge in [-0.1, -0.05) is 35.3 Å². The van der Waals surface area contributed by atoms with E-state index in [2.05, 4.69) is 0 Å². The predicted octanol–water partition coefficient (Wildman–Crippen LogP) is 4.64. The van der Waals surface area contributed by atoms with Crippen molar-refractivity contribution in [3.05, 3.63) is 55.7 Å². The zero-order valence-electron chi connectivity index (χ0n) is 9.28. The van der Waals surface area contributed by atoms with Gasteiger partial charge in [0.2, 0.25) is 0 Å². The second-order valence-corrected chi connectivity index (χ2v) is 6.14. The van der Waals surface area contributed by atoms with Gasteiger partial charge in [0, 0.05) is 16.3 Å². The number of hydrogen-bond acceptors (Lipinski definition) is 2. The normalized spacial score (nSPS) is 12.7. The summed E-state index contributed by atoms with van der Waals surface area (Å²) in [5.41, 5.74) is 1.86. The van der Waals surface area contributed by atoms with Crippen LogP contribution >= 0.6 is 34.5 Å². The van der Waals surface area contributed by atoms with Gasteiger partial charge in [-0.25, -0.2) is 0 Å². The first kappa shape index (κ1) is 12.9. The van der Waals surface area contributed by atoms with Crippen LogP contribution in [0.5, 0.6) is 0 Å². The lowest BCUT2D eigenvalue weighted by Crippen LogP contribution is -2.00. The number of hydrogen-bond donors (Lipinski definition) is 1. The summed E-state index contributed by atoms with van der Waals surface area (Å²) < 4.78 is 0.750. The quantitative estimate of drug-likeness (QED) is 0.872. The molecular formula is C13H12Cl2OS. The molecule has 0 radical (unpaired) electrons. The Labute approximate surface area is 115 Å². The highest BCUT2D eigenvalue weighted by Crippen LogP contribution is 2.28. The minimum atomic E-state index is -0.513. The number of benzene rings is 1. The lowest BCUT2D eigenvalue weighted by Gasteiger charge is -2.11. The summed E-state index contributed by atoms with van der Waals surface area (Å²) in [6, 6.07) is 9.38. The summed E-state index contributed by atoms with van der Waals surface area (Å²) in [5, 5.41) is 10.8. The zero-order chi connectivity index (χ0) is 12.4. The molecule has 17 heavy (non-hydrogen) atoms. The molecule has 1 aromatic heterocycles. The summed E-state index contributed by atoms with van der Waals surface area (Å²) in [7, 11) is 0. The second kappa shape index (κ2) is 5.40. The minimum Gasteiger partial charge on any atom is -0.388 e. The first-order valence-corrected chi connectivity index (χ1v) is 6.82. The highest BCUT2D eigenvalue weighted by atomic mass is 35.5. The van der Waals surface area contributed by atoms with Gasteiger partial charge in [0.05, 0.1) is 10.4 Å². The van der Waals surface area contributed by atoms with Crippen LogP contribution in [0.4, 0.5) is 0 Å². The fraction of sp³-hybridized carbons (Fsp3) is 0.231. The first-order valence-electron chi connectivity index (χ1n) is 5.24. The molecule has 0 saturated heterocycles. The summed E-state index contributed by atoms with van der Waals surface area (Å²) in [4.78, 5) is 1.08. The molecule has 0 saturated carbocycles. The van der Waals surface area contributed by atoms with Gasteiger partial charge in [-0.2, -0.15) is 0 Å². The van der Waals surface area contributed by atoms with Crippen LogP contribution in [0, 0.1) is 6.92 Å². The third-order valence-corrected chi connectivity index (χ3v) is 4.27. The Bertz CT molecular complexity index is 522. The zero-order valence-corrected chi connectivity index (χ0v) is 11.6. The number of thiophene rings is 1. The van der Waals surface area contributed by atoms with Crippen molar-refractivity contribution in [1.29, 1.82) is 0 Å². The lowest BCUT2D eigenvalue weighted by molar-refractivity contribution is 0.179. The van der Waals surface area contributed by atoms with Crippen molar-refractivity contribution in [2.45, 2.75) is 19.4 Å². The molecule has 0 amide bonds. The summed E-state index contributed by atoms with van der Waals surface area (Å²) in [6.45, 7) is 1.93. The number of aliphatic hydroxyl groups excluding tert-OH is 1. The average molecular weight is 287 g/mol. The highest BCUT2D eigenvalue weighted by molar-refractivity contribution is 7.16. The van der Waals surface area contributed by atoms with Gasteiger partial charge in [-0.15, -0.1) is 11.3 Å². The van der Waals surface area contributed by atoms with E-state index < -0.39 is 6.10 Å². The topological polar surface area (TPSA) is 20.2 Å². The molecule has 1 N–H and O–H groups in total. The summed E-state index contributed by atoms with van der Waals surface area (Å²) >= 11 is 13.3. The maximum atomic E-state index is 10.1. The molecule has 0 bridgehead atoms. The van der Waals surface area contributed by atoms with Gasteiger partial charge in [-0.3, -0.25) is 0 Å². The van der Waals surface area contributed by atoms with E-state index in [1.165, 1.54) is 11.3 Å². The number of aryl methyl sites for hydroxylation is 1. The number of aliphatic hydroxyl groups is 1. The average Bonchev–Trinajstić information content (AvgIpc) is 2.68. The van der Waals surface area contributed by atoms with Crippen LogP contribution in [0.15, 0.2) is 30.3 Å². The van der Waals surface area contributed by atoms with Crippen LogP contribution in [0.3, 0.4) is 0 Å². The Kier molecular flexibility index (Phi) is 4.10. The van der Waals surface area contributed by atoms with Crippen molar-refractivity contribution in [2.75, 3.05) is 0 Å². The third kappa shape index (κ3) is 3.23. The molecule has 0 aliphatic heterocycles. The van der Waals surface area contributed by atoms with Crippen molar-refractivity contribution in [3.8, 4) is 0 Å². The number of halogens is 2. The molecule has 1 atom stereocenters. The Hall–Kier alpha value is -0.540. The molecule has 0 aliphatic carbocycles. The molecule has 1 heterocycles. The van der Waals surface area contributed by atoms with Crippen LogP contribution in [0.25, 0.3) is 0 Å². The molecule has 2 rings (SSSR count). The van der Waals surface area contributed by atoms with Crippen molar-refractivity contribution in [2.24, 2.45) is 0 Å². The molecule has 4 heteroatoms. The Morgan fingerprint density at radius 3 is 2.59 bits per heavy atom. The largest absolute Gasteiger partial charge is 0.388 e. The minimum absolute atomic E-state index is 0.513. The van der Waals surface area contributed by atoms with Gasteiger partial charge in [0.15, 0.2) is 0 Å². The monoisotopic (exact) mass is 286 g/mol. The van der Waals surface area contributed by atoms with Crippen LogP contribution in [-0.4, -0.2) is 5.11 Å². The molecule has 0 fully saturated rings. The smallest absolute Gasteiger partial charge is 0.0931 e. The first-order chi connectivity index (χ1) is 8.06. The lowest BCUT2D eigenvalue weighted by atomic mass is 10.0. The van der Waals surface area contributed by atoms with E-state index in [-0.39, 0.29) is 0 Å². The van der Waals surface area contributed by atoms with E-state index in [4.69, 9.17) is 23.2 Å². The summed E-state index contributed by atoms with van der Waals surface area (Å²) in [6.07, 6.45) is 0.0685. The molecular weight excluding hydrogens is 275 g/mol. The predicted molar refractivity (Wildman–Crippen MR) is 74.2 cm³/mol. The van der Waals surface area contributed by atoms with E-state index in [1.807, 2.05) is 37.3 Å². The number of rotatable bonds is 3. The SMILES string of the molecule is Cc1cc(C(O)Cc2ccc(Cl)s2)ccc1Cl. The van der Waals surface area contributed by atoms with Gasteiger partial charge in [0.1, 0.15) is 0 Å². The molecule has 2 aromatic rings. The highest BCUT2D eigenvalue weighted by Gasteiger charge is 2.11. The third-order valence-electron chi connectivity index (χ3n) is 2.59. The van der Waals surface area contributed by atoms with E-state index in [1.54, 1.807) is 0 Å². The van der Waals surface area contributed by atoms with Crippen molar-refractivity contribution >= 4 is 34.5 Å². The van der Waals surface area contributed by atoms with Crippen LogP contribution < -0.4 is 0 Å². The van der Waals surface area contributed by atoms with Crippen molar-refractivity contribution in [3.63, 3.8) is 0 Å². The van der Waals surface area contributed by atoms with Gasteiger partial charge in [-0.05, 0) is 36.2 Å². The molecule has 0 aliphatic rings. The molecule has 0 spiro atoms. The Morgan fingerprint density at radius 1 is 1.24 bits per heavy atom. The Balaban J connectivity index is 2.14. The summed E-state index contributed by atoms with van der Waals surface area (Å²) in [5.74, 6) is 0. The maximum Gasteiger partial charge on any atom is 0.0931 e. The molecule has 1 aromatic carbocycles. The van der Waals surface area contributed by atoms with Crippen molar-refractivity contribution < 1.29 is 5.11 Å². The van der Waals surface area contributed by atoms with Crippen LogP contribution in [0.2, 0.25) is 9.36 Å².